The van der Waals surface area contributed by atoms with Crippen LogP contribution in [0.4, 0.5) is 0 Å². The minimum Gasteiger partial charge on any atom is -0.391 e. The molecule has 3 N–H and O–H groups in total. The van der Waals surface area contributed by atoms with Crippen molar-refractivity contribution in [3.8, 4) is 0 Å². The van der Waals surface area contributed by atoms with E-state index in [0.717, 1.165) is 12.0 Å². The second-order valence-electron chi connectivity index (χ2n) is 3.95. The van der Waals surface area contributed by atoms with Crippen molar-refractivity contribution in [1.29, 1.82) is 0 Å². The number of hydrogen-bond acceptors (Lipinski definition) is 2. The van der Waals surface area contributed by atoms with Crippen LogP contribution in [0, 0.1) is 9.49 Å². The minimum absolute atomic E-state index is 0.235. The van der Waals surface area contributed by atoms with Gasteiger partial charge in [-0.05, 0) is 46.2 Å². The Morgan fingerprint density at radius 2 is 1.87 bits per heavy atom. The first-order chi connectivity index (χ1) is 7.06. The molecule has 2 nitrogen and oxygen atoms in total. The molecule has 0 fully saturated rings. The molecule has 0 radical (unpaired) electrons. The Balaban J connectivity index is 2.75. The van der Waals surface area contributed by atoms with Crippen molar-refractivity contribution in [2.75, 3.05) is 0 Å². The van der Waals surface area contributed by atoms with E-state index in [1.807, 2.05) is 31.2 Å². The molecule has 84 valence electrons. The molecule has 3 atom stereocenters. The Labute approximate surface area is 105 Å². The Kier molecular flexibility index (Phi) is 5.02. The average Bonchev–Trinajstić information content (AvgIpc) is 2.27. The van der Waals surface area contributed by atoms with Crippen LogP contribution in [0.5, 0.6) is 0 Å². The van der Waals surface area contributed by atoms with Gasteiger partial charge in [0.25, 0.3) is 0 Å². The lowest BCUT2D eigenvalue weighted by molar-refractivity contribution is 0.0880. The van der Waals surface area contributed by atoms with Crippen LogP contribution in [0.15, 0.2) is 24.3 Å². The molecule has 0 aromatic heterocycles. The molecule has 1 aromatic carbocycles. The predicted molar refractivity (Wildman–Crippen MR) is 71.5 cm³/mol. The summed E-state index contributed by atoms with van der Waals surface area (Å²) in [5.74, 6) is 0.235. The molecule has 0 aliphatic rings. The van der Waals surface area contributed by atoms with Crippen molar-refractivity contribution in [3.63, 3.8) is 0 Å². The molecule has 1 rings (SSSR count). The van der Waals surface area contributed by atoms with Gasteiger partial charge in [0.2, 0.25) is 0 Å². The van der Waals surface area contributed by atoms with Crippen LogP contribution in [0.1, 0.15) is 31.9 Å². The van der Waals surface area contributed by atoms with Crippen LogP contribution in [-0.2, 0) is 0 Å². The van der Waals surface area contributed by atoms with Gasteiger partial charge in [-0.3, -0.25) is 0 Å². The molecule has 0 aliphatic heterocycles. The number of aliphatic hydroxyl groups is 1. The maximum absolute atomic E-state index is 9.98. The van der Waals surface area contributed by atoms with Crippen LogP contribution < -0.4 is 5.73 Å². The van der Waals surface area contributed by atoms with Crippen molar-refractivity contribution in [2.24, 2.45) is 11.7 Å². The molecule has 3 heteroatoms. The summed E-state index contributed by atoms with van der Waals surface area (Å²) in [6, 6.07) is 7.71. The third-order valence-corrected chi connectivity index (χ3v) is 3.57. The third kappa shape index (κ3) is 3.43. The van der Waals surface area contributed by atoms with Gasteiger partial charge in [0, 0.05) is 3.57 Å². The summed E-state index contributed by atoms with van der Waals surface area (Å²) in [4.78, 5) is 0. The molecule has 0 amide bonds. The maximum atomic E-state index is 9.98. The average molecular weight is 319 g/mol. The lowest BCUT2D eigenvalue weighted by Gasteiger charge is -2.24. The zero-order chi connectivity index (χ0) is 11.4. The molecule has 0 saturated carbocycles. The van der Waals surface area contributed by atoms with E-state index >= 15 is 0 Å². The summed E-state index contributed by atoms with van der Waals surface area (Å²) in [5, 5.41) is 9.98. The fourth-order valence-electron chi connectivity index (χ4n) is 1.48. The summed E-state index contributed by atoms with van der Waals surface area (Å²) in [7, 11) is 0. The number of nitrogens with two attached hydrogens (primary N) is 1. The maximum Gasteiger partial charge on any atom is 0.0758 e. The fraction of sp³-hybridized carbons (Fsp3) is 0.500. The molecular formula is C12H18INO. The highest BCUT2D eigenvalue weighted by atomic mass is 127. The quantitative estimate of drug-likeness (QED) is 0.838. The van der Waals surface area contributed by atoms with Gasteiger partial charge in [-0.2, -0.15) is 0 Å². The highest BCUT2D eigenvalue weighted by Crippen LogP contribution is 2.22. The fourth-order valence-corrected chi connectivity index (χ4v) is 1.84. The van der Waals surface area contributed by atoms with E-state index in [4.69, 9.17) is 5.73 Å². The third-order valence-electron chi connectivity index (χ3n) is 2.85. The standard InChI is InChI=1S/C12H18INO/c1-3-8(2)12(15)11(14)9-4-6-10(13)7-5-9/h4-8,11-12,15H,3,14H2,1-2H3/t8?,11-,12+/m0/s1. The van der Waals surface area contributed by atoms with E-state index in [0.29, 0.717) is 0 Å². The first-order valence-corrected chi connectivity index (χ1v) is 6.33. The number of hydrogen-bond donors (Lipinski definition) is 2. The summed E-state index contributed by atoms with van der Waals surface area (Å²) in [5.41, 5.74) is 7.02. The second kappa shape index (κ2) is 5.82. The van der Waals surface area contributed by atoms with Gasteiger partial charge in [0.15, 0.2) is 0 Å². The zero-order valence-corrected chi connectivity index (χ0v) is 11.3. The van der Waals surface area contributed by atoms with Gasteiger partial charge in [-0.25, -0.2) is 0 Å². The number of halogens is 1. The SMILES string of the molecule is CCC(C)[C@@H](O)[C@@H](N)c1ccc(I)cc1. The first-order valence-electron chi connectivity index (χ1n) is 5.25. The van der Waals surface area contributed by atoms with Gasteiger partial charge in [0.05, 0.1) is 12.1 Å². The van der Waals surface area contributed by atoms with Gasteiger partial charge in [0.1, 0.15) is 0 Å². The van der Waals surface area contributed by atoms with E-state index in [1.54, 1.807) is 0 Å². The number of aliphatic hydroxyl groups excluding tert-OH is 1. The number of benzene rings is 1. The van der Waals surface area contributed by atoms with Gasteiger partial charge in [-0.15, -0.1) is 0 Å². The summed E-state index contributed by atoms with van der Waals surface area (Å²) < 4.78 is 1.18. The Morgan fingerprint density at radius 3 is 2.33 bits per heavy atom. The van der Waals surface area contributed by atoms with Gasteiger partial charge in [-0.1, -0.05) is 32.4 Å². The van der Waals surface area contributed by atoms with Crippen molar-refractivity contribution in [3.05, 3.63) is 33.4 Å². The van der Waals surface area contributed by atoms with Gasteiger partial charge >= 0.3 is 0 Å². The monoisotopic (exact) mass is 319 g/mol. The molecule has 0 spiro atoms. The van der Waals surface area contributed by atoms with E-state index in [1.165, 1.54) is 3.57 Å². The number of rotatable bonds is 4. The predicted octanol–water partition coefficient (Wildman–Crippen LogP) is 2.70. The second-order valence-corrected chi connectivity index (χ2v) is 5.20. The topological polar surface area (TPSA) is 46.2 Å². The smallest absolute Gasteiger partial charge is 0.0758 e. The van der Waals surface area contributed by atoms with Crippen molar-refractivity contribution < 1.29 is 5.11 Å². The molecule has 0 heterocycles. The summed E-state index contributed by atoms with van der Waals surface area (Å²) in [6.45, 7) is 4.09. The van der Waals surface area contributed by atoms with E-state index in [9.17, 15) is 5.11 Å². The van der Waals surface area contributed by atoms with Gasteiger partial charge < -0.3 is 10.8 Å². The van der Waals surface area contributed by atoms with Crippen molar-refractivity contribution in [2.45, 2.75) is 32.4 Å². The molecular weight excluding hydrogens is 301 g/mol. The highest BCUT2D eigenvalue weighted by Gasteiger charge is 2.21. The van der Waals surface area contributed by atoms with Crippen molar-refractivity contribution in [1.82, 2.24) is 0 Å². The summed E-state index contributed by atoms with van der Waals surface area (Å²) in [6.07, 6.45) is 0.481. The minimum atomic E-state index is -0.463. The van der Waals surface area contributed by atoms with Crippen LogP contribution in [-0.4, -0.2) is 11.2 Å². The van der Waals surface area contributed by atoms with Crippen LogP contribution in [0.3, 0.4) is 0 Å². The Hall–Kier alpha value is -0.130. The van der Waals surface area contributed by atoms with E-state index in [-0.39, 0.29) is 12.0 Å². The zero-order valence-electron chi connectivity index (χ0n) is 9.15. The Bertz CT molecular complexity index is 299. The summed E-state index contributed by atoms with van der Waals surface area (Å²) >= 11 is 2.25. The molecule has 0 saturated heterocycles. The molecule has 1 aromatic rings. The normalized spacial score (nSPS) is 17.1. The molecule has 1 unspecified atom stereocenters. The molecule has 15 heavy (non-hydrogen) atoms. The first kappa shape index (κ1) is 12.9. The Morgan fingerprint density at radius 1 is 1.33 bits per heavy atom. The molecule has 0 bridgehead atoms. The molecule has 0 aliphatic carbocycles. The van der Waals surface area contributed by atoms with Crippen LogP contribution in [0.2, 0.25) is 0 Å². The van der Waals surface area contributed by atoms with E-state index in [2.05, 4.69) is 29.5 Å². The lowest BCUT2D eigenvalue weighted by atomic mass is 9.92. The van der Waals surface area contributed by atoms with E-state index < -0.39 is 6.10 Å². The lowest BCUT2D eigenvalue weighted by Crippen LogP contribution is -2.31. The highest BCUT2D eigenvalue weighted by molar-refractivity contribution is 14.1. The van der Waals surface area contributed by atoms with Crippen molar-refractivity contribution >= 4 is 22.6 Å². The largest absolute Gasteiger partial charge is 0.391 e. The van der Waals surface area contributed by atoms with Crippen LogP contribution >= 0.6 is 22.6 Å². The van der Waals surface area contributed by atoms with Crippen LogP contribution in [0.25, 0.3) is 0 Å².